The Morgan fingerprint density at radius 2 is 2.07 bits per heavy atom. The van der Waals surface area contributed by atoms with E-state index in [1.54, 1.807) is 0 Å². The Morgan fingerprint density at radius 3 is 2.71 bits per heavy atom. The van der Waals surface area contributed by atoms with Crippen LogP contribution in [-0.2, 0) is 0 Å². The van der Waals surface area contributed by atoms with Crippen molar-refractivity contribution in [2.45, 2.75) is 6.42 Å². The summed E-state index contributed by atoms with van der Waals surface area (Å²) in [6, 6.07) is 9.98. The van der Waals surface area contributed by atoms with Crippen molar-refractivity contribution in [2.75, 3.05) is 11.9 Å². The van der Waals surface area contributed by atoms with E-state index < -0.39 is 0 Å². The third-order valence-electron chi connectivity index (χ3n) is 2.11. The van der Waals surface area contributed by atoms with E-state index in [1.807, 2.05) is 41.4 Å². The highest BCUT2D eigenvalue weighted by Gasteiger charge is 2.08. The van der Waals surface area contributed by atoms with Gasteiger partial charge < -0.3 is 10.2 Å². The number of thiocarbonyl (C=S) groups is 1. The molecule has 1 heterocycles. The summed E-state index contributed by atoms with van der Waals surface area (Å²) in [6.45, 7) is 0.985. The number of anilines is 1. The van der Waals surface area contributed by atoms with Gasteiger partial charge in [0.15, 0.2) is 5.11 Å². The fourth-order valence-electron chi connectivity index (χ4n) is 1.38. The van der Waals surface area contributed by atoms with Gasteiger partial charge in [-0.25, -0.2) is 0 Å². The molecule has 1 aliphatic heterocycles. The Kier molecular flexibility index (Phi) is 2.79. The fourth-order valence-corrected chi connectivity index (χ4v) is 1.65. The van der Waals surface area contributed by atoms with Crippen molar-refractivity contribution >= 4 is 23.0 Å². The van der Waals surface area contributed by atoms with Gasteiger partial charge >= 0.3 is 0 Å². The molecule has 2 rings (SSSR count). The van der Waals surface area contributed by atoms with Crippen LogP contribution in [0.5, 0.6) is 0 Å². The maximum Gasteiger partial charge on any atom is 0.177 e. The maximum atomic E-state index is 5.26. The first kappa shape index (κ1) is 9.21. The third kappa shape index (κ3) is 2.12. The summed E-state index contributed by atoms with van der Waals surface area (Å²) in [5, 5.41) is 3.96. The van der Waals surface area contributed by atoms with Gasteiger partial charge in [-0.3, -0.25) is 0 Å². The minimum atomic E-state index is 0.768. The third-order valence-corrected chi connectivity index (χ3v) is 2.44. The summed E-state index contributed by atoms with van der Waals surface area (Å²) < 4.78 is 0. The predicted molar refractivity (Wildman–Crippen MR) is 63.1 cm³/mol. The standard InChI is InChI=1S/C11H12N2S/c14-11(13-8-4-5-9-13)12-10-6-2-1-3-7-10/h1-4,6-8H,5,9H2,(H,12,14). The molecular formula is C11H12N2S. The van der Waals surface area contributed by atoms with Crippen LogP contribution in [0.3, 0.4) is 0 Å². The highest BCUT2D eigenvalue weighted by atomic mass is 32.1. The van der Waals surface area contributed by atoms with Crippen molar-refractivity contribution in [2.24, 2.45) is 0 Å². The van der Waals surface area contributed by atoms with Crippen molar-refractivity contribution in [3.05, 3.63) is 42.6 Å². The number of rotatable bonds is 1. The number of nitrogens with one attached hydrogen (secondary N) is 1. The lowest BCUT2D eigenvalue weighted by atomic mass is 10.3. The fraction of sp³-hybridized carbons (Fsp3) is 0.182. The first-order valence-corrected chi connectivity index (χ1v) is 5.06. The molecule has 0 saturated heterocycles. The highest BCUT2D eigenvalue weighted by molar-refractivity contribution is 7.80. The molecule has 0 fully saturated rings. The Hall–Kier alpha value is -1.35. The molecule has 3 heteroatoms. The Bertz CT molecular complexity index is 346. The molecular weight excluding hydrogens is 192 g/mol. The van der Waals surface area contributed by atoms with Crippen LogP contribution in [0.4, 0.5) is 5.69 Å². The lowest BCUT2D eigenvalue weighted by Crippen LogP contribution is -2.28. The molecule has 0 aliphatic carbocycles. The zero-order valence-corrected chi connectivity index (χ0v) is 8.63. The summed E-state index contributed by atoms with van der Waals surface area (Å²) in [7, 11) is 0. The second kappa shape index (κ2) is 4.24. The molecule has 72 valence electrons. The van der Waals surface area contributed by atoms with Gasteiger partial charge in [0.2, 0.25) is 0 Å². The Balaban J connectivity index is 1.98. The van der Waals surface area contributed by atoms with Crippen LogP contribution in [0.2, 0.25) is 0 Å². The van der Waals surface area contributed by atoms with Crippen molar-refractivity contribution in [3.63, 3.8) is 0 Å². The van der Waals surface area contributed by atoms with Crippen LogP contribution in [-0.4, -0.2) is 16.6 Å². The van der Waals surface area contributed by atoms with E-state index in [-0.39, 0.29) is 0 Å². The van der Waals surface area contributed by atoms with E-state index in [1.165, 1.54) is 0 Å². The van der Waals surface area contributed by atoms with Gasteiger partial charge in [0, 0.05) is 18.4 Å². The summed E-state index contributed by atoms with van der Waals surface area (Å²) in [6.07, 6.45) is 5.23. The molecule has 1 aliphatic rings. The first-order chi connectivity index (χ1) is 6.86. The molecule has 1 aromatic carbocycles. The van der Waals surface area contributed by atoms with Crippen LogP contribution in [0.25, 0.3) is 0 Å². The van der Waals surface area contributed by atoms with Crippen LogP contribution < -0.4 is 5.32 Å². The number of nitrogens with zero attached hydrogens (tertiary/aromatic N) is 1. The summed E-state index contributed by atoms with van der Waals surface area (Å²) in [5.74, 6) is 0. The van der Waals surface area contributed by atoms with Crippen molar-refractivity contribution in [3.8, 4) is 0 Å². The average Bonchev–Trinajstić information content (AvgIpc) is 2.72. The van der Waals surface area contributed by atoms with Crippen molar-refractivity contribution < 1.29 is 0 Å². The SMILES string of the molecule is S=C(Nc1ccccc1)N1C=CCC1. The van der Waals surface area contributed by atoms with E-state index >= 15 is 0 Å². The zero-order valence-electron chi connectivity index (χ0n) is 7.81. The normalized spacial score (nSPS) is 14.4. The maximum absolute atomic E-state index is 5.26. The van der Waals surface area contributed by atoms with Gasteiger partial charge in [0.1, 0.15) is 0 Å². The van der Waals surface area contributed by atoms with Crippen LogP contribution in [0, 0.1) is 0 Å². The first-order valence-electron chi connectivity index (χ1n) is 4.65. The van der Waals surface area contributed by atoms with E-state index in [2.05, 4.69) is 11.4 Å². The van der Waals surface area contributed by atoms with E-state index in [4.69, 9.17) is 12.2 Å². The zero-order chi connectivity index (χ0) is 9.80. The second-order valence-corrected chi connectivity index (χ2v) is 3.55. The van der Waals surface area contributed by atoms with E-state index in [0.717, 1.165) is 23.8 Å². The molecule has 0 saturated carbocycles. The van der Waals surface area contributed by atoms with Crippen LogP contribution in [0.1, 0.15) is 6.42 Å². The van der Waals surface area contributed by atoms with Gasteiger partial charge in [0.25, 0.3) is 0 Å². The minimum absolute atomic E-state index is 0.768. The van der Waals surface area contributed by atoms with Crippen LogP contribution in [0.15, 0.2) is 42.6 Å². The summed E-state index contributed by atoms with van der Waals surface area (Å²) in [5.41, 5.74) is 1.04. The van der Waals surface area contributed by atoms with Gasteiger partial charge in [-0.1, -0.05) is 24.3 Å². The van der Waals surface area contributed by atoms with Crippen molar-refractivity contribution in [1.82, 2.24) is 4.90 Å². The monoisotopic (exact) mass is 204 g/mol. The summed E-state index contributed by atoms with van der Waals surface area (Å²) in [4.78, 5) is 2.04. The molecule has 0 aromatic heterocycles. The smallest absolute Gasteiger partial charge is 0.177 e. The number of para-hydroxylation sites is 1. The predicted octanol–water partition coefficient (Wildman–Crippen LogP) is 2.60. The van der Waals surface area contributed by atoms with Crippen molar-refractivity contribution in [1.29, 1.82) is 0 Å². The molecule has 1 aromatic rings. The Labute approximate surface area is 89.2 Å². The van der Waals surface area contributed by atoms with E-state index in [9.17, 15) is 0 Å². The quantitative estimate of drug-likeness (QED) is 0.708. The molecule has 0 atom stereocenters. The van der Waals surface area contributed by atoms with Gasteiger partial charge in [-0.05, 0) is 30.8 Å². The number of hydrogen-bond donors (Lipinski definition) is 1. The molecule has 14 heavy (non-hydrogen) atoms. The molecule has 0 spiro atoms. The number of hydrogen-bond acceptors (Lipinski definition) is 1. The highest BCUT2D eigenvalue weighted by Crippen LogP contribution is 2.10. The van der Waals surface area contributed by atoms with Crippen LogP contribution >= 0.6 is 12.2 Å². The number of benzene rings is 1. The minimum Gasteiger partial charge on any atom is -0.332 e. The Morgan fingerprint density at radius 1 is 1.29 bits per heavy atom. The lowest BCUT2D eigenvalue weighted by Gasteiger charge is -2.17. The lowest BCUT2D eigenvalue weighted by molar-refractivity contribution is 0.611. The molecule has 0 bridgehead atoms. The van der Waals surface area contributed by atoms with Gasteiger partial charge in [0.05, 0.1) is 0 Å². The molecule has 0 unspecified atom stereocenters. The molecule has 2 nitrogen and oxygen atoms in total. The molecule has 0 amide bonds. The average molecular weight is 204 g/mol. The largest absolute Gasteiger partial charge is 0.332 e. The molecule has 1 N–H and O–H groups in total. The van der Waals surface area contributed by atoms with E-state index in [0.29, 0.717) is 0 Å². The topological polar surface area (TPSA) is 15.3 Å². The van der Waals surface area contributed by atoms with Gasteiger partial charge in [-0.15, -0.1) is 0 Å². The second-order valence-electron chi connectivity index (χ2n) is 3.16. The van der Waals surface area contributed by atoms with Gasteiger partial charge in [-0.2, -0.15) is 0 Å². The molecule has 0 radical (unpaired) electrons. The summed E-state index contributed by atoms with van der Waals surface area (Å²) >= 11 is 5.26.